The minimum atomic E-state index is -4.27. The summed E-state index contributed by atoms with van der Waals surface area (Å²) in [6.45, 7) is -0.358. The minimum absolute atomic E-state index is 0.00298. The highest BCUT2D eigenvalue weighted by Crippen LogP contribution is 2.20. The molecule has 98 valence electrons. The number of carbonyl (C=O) groups is 2. The van der Waals surface area contributed by atoms with Crippen molar-refractivity contribution in [3.8, 4) is 0 Å². The Morgan fingerprint density at radius 2 is 1.71 bits per heavy atom. The Kier molecular flexibility index (Phi) is 6.47. The van der Waals surface area contributed by atoms with E-state index in [1.807, 2.05) is 5.32 Å². The van der Waals surface area contributed by atoms with E-state index in [0.29, 0.717) is 0 Å². The van der Waals surface area contributed by atoms with Crippen molar-refractivity contribution < 1.29 is 22.8 Å². The van der Waals surface area contributed by atoms with Crippen LogP contribution in [0, 0.1) is 0 Å². The van der Waals surface area contributed by atoms with Gasteiger partial charge in [-0.15, -0.1) is 0 Å². The fraction of sp³-hybridized carbons (Fsp3) is 0.625. The summed E-state index contributed by atoms with van der Waals surface area (Å²) < 4.78 is 35.2. The molecule has 0 aromatic heterocycles. The number of nitrogens with two attached hydrogens (primary N) is 1. The van der Waals surface area contributed by atoms with E-state index in [0.717, 1.165) is 0 Å². The van der Waals surface area contributed by atoms with Crippen LogP contribution in [0.2, 0.25) is 0 Å². The Morgan fingerprint density at radius 1 is 1.18 bits per heavy atom. The summed E-state index contributed by atoms with van der Waals surface area (Å²) in [7, 11) is 0. The van der Waals surface area contributed by atoms with E-state index in [2.05, 4.69) is 17.5 Å². The van der Waals surface area contributed by atoms with Crippen LogP contribution in [0.4, 0.5) is 13.2 Å². The van der Waals surface area contributed by atoms with Crippen molar-refractivity contribution in [2.24, 2.45) is 5.73 Å². The predicted molar refractivity (Wildman–Crippen MR) is 58.1 cm³/mol. The van der Waals surface area contributed by atoms with Crippen LogP contribution in [0.25, 0.3) is 0 Å². The van der Waals surface area contributed by atoms with Gasteiger partial charge in [0, 0.05) is 13.0 Å². The van der Waals surface area contributed by atoms with Crippen LogP contribution in [-0.2, 0) is 9.59 Å². The molecule has 9 heteroatoms. The van der Waals surface area contributed by atoms with Gasteiger partial charge in [-0.1, -0.05) is 12.2 Å². The number of hydrogen-bond donors (Lipinski definition) is 3. The molecule has 0 saturated carbocycles. The van der Waals surface area contributed by atoms with Gasteiger partial charge in [0.15, 0.2) is 0 Å². The summed E-state index contributed by atoms with van der Waals surface area (Å²) in [5.41, 5.74) is 5.07. The lowest BCUT2D eigenvalue weighted by molar-refractivity contribution is -0.140. The zero-order chi connectivity index (χ0) is 13.5. The van der Waals surface area contributed by atoms with Crippen molar-refractivity contribution in [2.45, 2.75) is 19.0 Å². The van der Waals surface area contributed by atoms with Crippen molar-refractivity contribution in [3.05, 3.63) is 0 Å². The van der Waals surface area contributed by atoms with Crippen molar-refractivity contribution >= 4 is 29.0 Å². The Balaban J connectivity index is 3.72. The first kappa shape index (κ1) is 15.6. The van der Waals surface area contributed by atoms with E-state index >= 15 is 0 Å². The average Bonchev–Trinajstić information content (AvgIpc) is 2.19. The molecule has 0 aliphatic carbocycles. The van der Waals surface area contributed by atoms with E-state index in [1.54, 1.807) is 0 Å². The number of thiocarbonyl (C=S) groups is 1. The highest BCUT2D eigenvalue weighted by atomic mass is 32.1. The second-order valence-electron chi connectivity index (χ2n) is 3.12. The second kappa shape index (κ2) is 7.05. The summed E-state index contributed by atoms with van der Waals surface area (Å²) in [5.74, 6) is -1.99. The molecular formula is C8H12F3N3O2S. The highest BCUT2D eigenvalue weighted by Gasteiger charge is 2.26. The van der Waals surface area contributed by atoms with Crippen molar-refractivity contribution in [1.29, 1.82) is 0 Å². The van der Waals surface area contributed by atoms with Gasteiger partial charge < -0.3 is 16.4 Å². The van der Waals surface area contributed by atoms with Crippen LogP contribution in [0.5, 0.6) is 0 Å². The lowest BCUT2D eigenvalue weighted by Crippen LogP contribution is -2.43. The van der Waals surface area contributed by atoms with E-state index in [9.17, 15) is 22.8 Å². The zero-order valence-corrected chi connectivity index (χ0v) is 9.58. The maximum Gasteiger partial charge on any atom is 0.389 e. The van der Waals surface area contributed by atoms with Gasteiger partial charge in [0.2, 0.25) is 0 Å². The number of carbonyl (C=O) groups excluding carboxylic acids is 2. The number of rotatable bonds is 5. The van der Waals surface area contributed by atoms with Crippen LogP contribution < -0.4 is 16.4 Å². The van der Waals surface area contributed by atoms with Crippen LogP contribution in [0.3, 0.4) is 0 Å². The third kappa shape index (κ3) is 9.54. The van der Waals surface area contributed by atoms with Gasteiger partial charge in [-0.2, -0.15) is 13.2 Å². The second-order valence-corrected chi connectivity index (χ2v) is 3.65. The van der Waals surface area contributed by atoms with Gasteiger partial charge in [0.1, 0.15) is 0 Å². The van der Waals surface area contributed by atoms with Crippen molar-refractivity contribution in [3.63, 3.8) is 0 Å². The molecule has 0 heterocycles. The maximum absolute atomic E-state index is 11.7. The summed E-state index contributed by atoms with van der Waals surface area (Å²) in [4.78, 5) is 22.0. The van der Waals surface area contributed by atoms with Gasteiger partial charge in [0.25, 0.3) is 0 Å². The summed E-state index contributed by atoms with van der Waals surface area (Å²) in [5, 5.41) is 4.14. The molecule has 5 nitrogen and oxygen atoms in total. The number of amides is 2. The summed E-state index contributed by atoms with van der Waals surface area (Å²) >= 11 is 4.45. The molecule has 0 saturated heterocycles. The van der Waals surface area contributed by atoms with Crippen LogP contribution in [-0.4, -0.2) is 36.1 Å². The van der Waals surface area contributed by atoms with Gasteiger partial charge in [0.05, 0.1) is 11.5 Å². The molecule has 0 aromatic rings. The maximum atomic E-state index is 11.7. The normalized spacial score (nSPS) is 10.8. The van der Waals surface area contributed by atoms with E-state index in [1.165, 1.54) is 0 Å². The highest BCUT2D eigenvalue weighted by molar-refractivity contribution is 7.80. The number of halogens is 3. The largest absolute Gasteiger partial charge is 0.392 e. The molecule has 0 unspecified atom stereocenters. The zero-order valence-electron chi connectivity index (χ0n) is 8.76. The van der Waals surface area contributed by atoms with E-state index in [-0.39, 0.29) is 24.5 Å². The molecule has 0 aromatic carbocycles. The summed E-state index contributed by atoms with van der Waals surface area (Å²) in [6.07, 6.45) is -5.56. The molecule has 0 radical (unpaired) electrons. The Morgan fingerprint density at radius 3 is 2.18 bits per heavy atom. The first-order chi connectivity index (χ1) is 7.72. The third-order valence-corrected chi connectivity index (χ3v) is 1.70. The fourth-order valence-electron chi connectivity index (χ4n) is 0.819. The standard InChI is InChI=1S/C8H12F3N3O2S/c9-8(10,11)2-1-3-13-6(15)7(16)14-4-5(12)17/h1-4H2,(H2,12,17)(H,13,15)(H,14,16). The third-order valence-electron chi connectivity index (χ3n) is 1.55. The molecule has 0 aliphatic heterocycles. The van der Waals surface area contributed by atoms with Crippen molar-refractivity contribution in [1.82, 2.24) is 10.6 Å². The average molecular weight is 271 g/mol. The molecule has 0 spiro atoms. The van der Waals surface area contributed by atoms with Crippen LogP contribution in [0.15, 0.2) is 0 Å². The van der Waals surface area contributed by atoms with E-state index in [4.69, 9.17) is 5.73 Å². The molecule has 4 N–H and O–H groups in total. The first-order valence-electron chi connectivity index (χ1n) is 4.63. The first-order valence-corrected chi connectivity index (χ1v) is 5.04. The molecule has 0 rings (SSSR count). The minimum Gasteiger partial charge on any atom is -0.392 e. The number of hydrogen-bond acceptors (Lipinski definition) is 3. The lowest BCUT2D eigenvalue weighted by atomic mass is 10.3. The smallest absolute Gasteiger partial charge is 0.389 e. The topological polar surface area (TPSA) is 84.2 Å². The quantitative estimate of drug-likeness (QED) is 0.369. The molecule has 17 heavy (non-hydrogen) atoms. The van der Waals surface area contributed by atoms with Crippen molar-refractivity contribution in [2.75, 3.05) is 13.1 Å². The van der Waals surface area contributed by atoms with Gasteiger partial charge in [-0.05, 0) is 6.42 Å². The van der Waals surface area contributed by atoms with Crippen LogP contribution in [0.1, 0.15) is 12.8 Å². The molecular weight excluding hydrogens is 259 g/mol. The molecule has 0 fully saturated rings. The molecule has 0 atom stereocenters. The van der Waals surface area contributed by atoms with E-state index < -0.39 is 24.4 Å². The number of alkyl halides is 3. The SMILES string of the molecule is NC(=S)CNC(=O)C(=O)NCCCC(F)(F)F. The number of nitrogens with one attached hydrogen (secondary N) is 2. The summed E-state index contributed by atoms with van der Waals surface area (Å²) in [6, 6.07) is 0. The molecule has 2 amide bonds. The fourth-order valence-corrected chi connectivity index (χ4v) is 0.891. The van der Waals surface area contributed by atoms with Gasteiger partial charge in [-0.3, -0.25) is 9.59 Å². The Labute approximate surface area is 101 Å². The Bertz CT molecular complexity index is 307. The molecule has 0 bridgehead atoms. The van der Waals surface area contributed by atoms with Crippen LogP contribution >= 0.6 is 12.2 Å². The molecule has 0 aliphatic rings. The van der Waals surface area contributed by atoms with Gasteiger partial charge in [-0.25, -0.2) is 0 Å². The lowest BCUT2D eigenvalue weighted by Gasteiger charge is -2.07. The monoisotopic (exact) mass is 271 g/mol. The predicted octanol–water partition coefficient (Wildman–Crippen LogP) is -0.153. The van der Waals surface area contributed by atoms with Gasteiger partial charge >= 0.3 is 18.0 Å². The Hall–Kier alpha value is -1.38.